The highest BCUT2D eigenvalue weighted by atomic mass is 16.6. The van der Waals surface area contributed by atoms with Gasteiger partial charge in [-0.2, -0.15) is 0 Å². The average molecular weight is 246 g/mol. The lowest BCUT2D eigenvalue weighted by atomic mass is 9.95. The molecule has 0 spiro atoms. The summed E-state index contributed by atoms with van der Waals surface area (Å²) in [5.41, 5.74) is 0. The van der Waals surface area contributed by atoms with Gasteiger partial charge in [-0.3, -0.25) is 9.59 Å². The molecule has 4 N–H and O–H groups in total. The molecule has 1 aliphatic heterocycles. The van der Waals surface area contributed by atoms with E-state index in [-0.39, 0.29) is 5.91 Å². The Bertz CT molecular complexity index is 281. The van der Waals surface area contributed by atoms with Gasteiger partial charge in [0.25, 0.3) is 0 Å². The van der Waals surface area contributed by atoms with Crippen molar-refractivity contribution in [3.63, 3.8) is 0 Å². The molecule has 7 heteroatoms. The standard InChI is InChI=1S/C10H18N2O5/c1-4-7(11-5(2)13)9(15)8(10(16)17-4)12-6(3)14/h4,7-10,15-16H,1-3H3,(H,11,13)(H,12,14)/t4-,7+,8-,9+,10?/m1/s1. The minimum Gasteiger partial charge on any atom is -0.389 e. The smallest absolute Gasteiger partial charge is 0.217 e. The van der Waals surface area contributed by atoms with E-state index in [0.717, 1.165) is 0 Å². The van der Waals surface area contributed by atoms with Crippen molar-refractivity contribution < 1.29 is 24.5 Å². The summed E-state index contributed by atoms with van der Waals surface area (Å²) in [6.45, 7) is 4.21. The molecular weight excluding hydrogens is 228 g/mol. The molecule has 2 amide bonds. The fraction of sp³-hybridized carbons (Fsp3) is 0.800. The minimum absolute atomic E-state index is 0.317. The van der Waals surface area contributed by atoms with E-state index in [1.165, 1.54) is 13.8 Å². The van der Waals surface area contributed by atoms with Gasteiger partial charge in [0.2, 0.25) is 11.8 Å². The van der Waals surface area contributed by atoms with Crippen LogP contribution in [0.1, 0.15) is 20.8 Å². The second kappa shape index (κ2) is 5.44. The Morgan fingerprint density at radius 1 is 1.06 bits per heavy atom. The SMILES string of the molecule is CC(=O)N[C@@H]1[C@H](O)[C@@H](NC(C)=O)C(O)O[C@@H]1C. The number of carbonyl (C=O) groups is 2. The fourth-order valence-electron chi connectivity index (χ4n) is 1.89. The lowest BCUT2D eigenvalue weighted by Crippen LogP contribution is -2.66. The van der Waals surface area contributed by atoms with Crippen LogP contribution in [0.2, 0.25) is 0 Å². The predicted octanol–water partition coefficient (Wildman–Crippen LogP) is -1.91. The quantitative estimate of drug-likeness (QED) is 0.455. The van der Waals surface area contributed by atoms with Crippen LogP contribution in [0.15, 0.2) is 0 Å². The van der Waals surface area contributed by atoms with Crippen LogP contribution in [0, 0.1) is 0 Å². The van der Waals surface area contributed by atoms with Gasteiger partial charge in [0.15, 0.2) is 6.29 Å². The molecule has 1 unspecified atom stereocenters. The molecule has 0 aromatic carbocycles. The second-order valence-corrected chi connectivity index (χ2v) is 4.17. The topological polar surface area (TPSA) is 108 Å². The molecule has 98 valence electrons. The molecule has 1 heterocycles. The molecule has 0 radical (unpaired) electrons. The third-order valence-corrected chi connectivity index (χ3v) is 2.64. The maximum absolute atomic E-state index is 11.0. The summed E-state index contributed by atoms with van der Waals surface area (Å²) >= 11 is 0. The summed E-state index contributed by atoms with van der Waals surface area (Å²) in [6, 6.07) is -1.63. The minimum atomic E-state index is -1.30. The zero-order valence-corrected chi connectivity index (χ0v) is 10.0. The van der Waals surface area contributed by atoms with E-state index in [9.17, 15) is 19.8 Å². The van der Waals surface area contributed by atoms with E-state index < -0.39 is 36.5 Å². The fourth-order valence-corrected chi connectivity index (χ4v) is 1.89. The van der Waals surface area contributed by atoms with E-state index in [4.69, 9.17) is 4.74 Å². The number of amides is 2. The number of aliphatic hydroxyl groups is 2. The molecule has 0 saturated carbocycles. The molecule has 1 aliphatic rings. The van der Waals surface area contributed by atoms with Gasteiger partial charge < -0.3 is 25.6 Å². The highest BCUT2D eigenvalue weighted by Crippen LogP contribution is 2.19. The van der Waals surface area contributed by atoms with Crippen LogP contribution in [-0.4, -0.2) is 52.6 Å². The first kappa shape index (κ1) is 13.9. The molecular formula is C10H18N2O5. The van der Waals surface area contributed by atoms with Gasteiger partial charge in [0, 0.05) is 13.8 Å². The summed E-state index contributed by atoms with van der Waals surface area (Å²) in [6.07, 6.45) is -2.95. The van der Waals surface area contributed by atoms with Crippen LogP contribution < -0.4 is 10.6 Å². The maximum atomic E-state index is 11.0. The maximum Gasteiger partial charge on any atom is 0.217 e. The molecule has 0 aromatic rings. The molecule has 1 fully saturated rings. The average Bonchev–Trinajstić information content (AvgIpc) is 2.18. The summed E-state index contributed by atoms with van der Waals surface area (Å²) in [5, 5.41) is 24.5. The molecule has 7 nitrogen and oxygen atoms in total. The van der Waals surface area contributed by atoms with Gasteiger partial charge in [0.1, 0.15) is 12.1 Å². The van der Waals surface area contributed by atoms with Crippen LogP contribution in [0.25, 0.3) is 0 Å². The number of hydrogen-bond donors (Lipinski definition) is 4. The lowest BCUT2D eigenvalue weighted by Gasteiger charge is -2.42. The van der Waals surface area contributed by atoms with Gasteiger partial charge in [-0.15, -0.1) is 0 Å². The van der Waals surface area contributed by atoms with E-state index in [1.54, 1.807) is 6.92 Å². The van der Waals surface area contributed by atoms with E-state index in [0.29, 0.717) is 0 Å². The third-order valence-electron chi connectivity index (χ3n) is 2.64. The lowest BCUT2D eigenvalue weighted by molar-refractivity contribution is -0.214. The highest BCUT2D eigenvalue weighted by molar-refractivity contribution is 5.74. The molecule has 1 rings (SSSR count). The van der Waals surface area contributed by atoms with Crippen LogP contribution in [0.3, 0.4) is 0 Å². The van der Waals surface area contributed by atoms with E-state index in [1.807, 2.05) is 0 Å². The van der Waals surface area contributed by atoms with E-state index >= 15 is 0 Å². The summed E-state index contributed by atoms with van der Waals surface area (Å²) in [4.78, 5) is 21.9. The highest BCUT2D eigenvalue weighted by Gasteiger charge is 2.43. The van der Waals surface area contributed by atoms with Crippen molar-refractivity contribution in [1.82, 2.24) is 10.6 Å². The Labute approximate surface area is 99.1 Å². The first-order chi connectivity index (χ1) is 7.82. The Morgan fingerprint density at radius 3 is 2.00 bits per heavy atom. The summed E-state index contributed by atoms with van der Waals surface area (Å²) < 4.78 is 5.15. The van der Waals surface area contributed by atoms with Gasteiger partial charge in [0.05, 0.1) is 12.1 Å². The first-order valence-electron chi connectivity index (χ1n) is 5.38. The van der Waals surface area contributed by atoms with Crippen LogP contribution >= 0.6 is 0 Å². The number of rotatable bonds is 2. The number of ether oxygens (including phenoxy) is 1. The van der Waals surface area contributed by atoms with E-state index in [2.05, 4.69) is 10.6 Å². The van der Waals surface area contributed by atoms with Crippen molar-refractivity contribution in [2.45, 2.75) is 51.4 Å². The van der Waals surface area contributed by atoms with Crippen molar-refractivity contribution in [1.29, 1.82) is 0 Å². The van der Waals surface area contributed by atoms with Gasteiger partial charge >= 0.3 is 0 Å². The molecule has 0 aromatic heterocycles. The van der Waals surface area contributed by atoms with Crippen molar-refractivity contribution in [3.8, 4) is 0 Å². The van der Waals surface area contributed by atoms with Crippen LogP contribution in [-0.2, 0) is 14.3 Å². The van der Waals surface area contributed by atoms with Crippen LogP contribution in [0.5, 0.6) is 0 Å². The molecule has 1 saturated heterocycles. The van der Waals surface area contributed by atoms with Crippen LogP contribution in [0.4, 0.5) is 0 Å². The van der Waals surface area contributed by atoms with Gasteiger partial charge in [-0.1, -0.05) is 0 Å². The Hall–Kier alpha value is -1.18. The monoisotopic (exact) mass is 246 g/mol. The number of aliphatic hydroxyl groups excluding tert-OH is 2. The molecule has 17 heavy (non-hydrogen) atoms. The third kappa shape index (κ3) is 3.39. The molecule has 0 bridgehead atoms. The Kier molecular flexibility index (Phi) is 4.44. The predicted molar refractivity (Wildman–Crippen MR) is 57.8 cm³/mol. The number of nitrogens with one attached hydrogen (secondary N) is 2. The zero-order valence-electron chi connectivity index (χ0n) is 10.0. The zero-order chi connectivity index (χ0) is 13.2. The van der Waals surface area contributed by atoms with Gasteiger partial charge in [-0.25, -0.2) is 0 Å². The Morgan fingerprint density at radius 2 is 1.53 bits per heavy atom. The second-order valence-electron chi connectivity index (χ2n) is 4.17. The van der Waals surface area contributed by atoms with Crippen molar-refractivity contribution in [2.75, 3.05) is 0 Å². The largest absolute Gasteiger partial charge is 0.389 e. The molecule has 0 aliphatic carbocycles. The Balaban J connectivity index is 2.78. The number of hydrogen-bond acceptors (Lipinski definition) is 5. The number of carbonyl (C=O) groups excluding carboxylic acids is 2. The van der Waals surface area contributed by atoms with Gasteiger partial charge in [-0.05, 0) is 6.92 Å². The van der Waals surface area contributed by atoms with Crippen molar-refractivity contribution in [2.24, 2.45) is 0 Å². The van der Waals surface area contributed by atoms with Crippen molar-refractivity contribution >= 4 is 11.8 Å². The summed E-state index contributed by atoms with van der Waals surface area (Å²) in [7, 11) is 0. The van der Waals surface area contributed by atoms with Crippen molar-refractivity contribution in [3.05, 3.63) is 0 Å². The molecule has 5 atom stereocenters. The first-order valence-corrected chi connectivity index (χ1v) is 5.38. The normalized spacial score (nSPS) is 37.4. The summed E-state index contributed by atoms with van der Waals surface area (Å²) in [5.74, 6) is -0.713.